The molecule has 0 aliphatic heterocycles. The molecular weight excluding hydrogens is 532 g/mol. The molecule has 7 nitrogen and oxygen atoms in total. The summed E-state index contributed by atoms with van der Waals surface area (Å²) in [5.74, 6) is 1.01. The number of fused-ring (bicyclic) bond motifs is 1. The summed E-state index contributed by atoms with van der Waals surface area (Å²) in [6, 6.07) is 21.3. The Labute approximate surface area is 212 Å². The SMILES string of the molecule is COc1cc2cc(CN(CCc3ccccc3)S(=O)(=O)c3ccc(Br)cc3)c(=O)[nH]c2cc1OC. The quantitative estimate of drug-likeness (QED) is 0.321. The van der Waals surface area contributed by atoms with E-state index in [1.54, 1.807) is 42.5 Å². The van der Waals surface area contributed by atoms with Crippen molar-refractivity contribution in [2.45, 2.75) is 17.9 Å². The molecule has 1 N–H and O–H groups in total. The van der Waals surface area contributed by atoms with Crippen LogP contribution in [-0.2, 0) is 23.0 Å². The van der Waals surface area contributed by atoms with Crippen LogP contribution in [0, 0.1) is 0 Å². The monoisotopic (exact) mass is 556 g/mol. The Balaban J connectivity index is 1.73. The van der Waals surface area contributed by atoms with Crippen molar-refractivity contribution >= 4 is 36.9 Å². The first kappa shape index (κ1) is 25.0. The number of halogens is 1. The number of methoxy groups -OCH3 is 2. The lowest BCUT2D eigenvalue weighted by Gasteiger charge is -2.22. The Bertz CT molecular complexity index is 1490. The summed E-state index contributed by atoms with van der Waals surface area (Å²) in [5, 5.41) is 0.710. The van der Waals surface area contributed by atoms with Gasteiger partial charge in [0.25, 0.3) is 5.56 Å². The molecule has 0 bridgehead atoms. The van der Waals surface area contributed by atoms with E-state index in [0.29, 0.717) is 34.4 Å². The molecule has 0 radical (unpaired) electrons. The highest BCUT2D eigenvalue weighted by atomic mass is 79.9. The van der Waals surface area contributed by atoms with Crippen LogP contribution in [0.1, 0.15) is 11.1 Å². The summed E-state index contributed by atoms with van der Waals surface area (Å²) < 4.78 is 40.0. The van der Waals surface area contributed by atoms with Crippen molar-refractivity contribution in [2.75, 3.05) is 20.8 Å². The number of aromatic amines is 1. The van der Waals surface area contributed by atoms with Crippen LogP contribution in [0.25, 0.3) is 10.9 Å². The van der Waals surface area contributed by atoms with Gasteiger partial charge in [-0.3, -0.25) is 4.79 Å². The average molecular weight is 557 g/mol. The molecule has 0 aliphatic carbocycles. The number of aromatic nitrogens is 1. The van der Waals surface area contributed by atoms with Crippen molar-refractivity contribution in [3.63, 3.8) is 0 Å². The molecule has 35 heavy (non-hydrogen) atoms. The van der Waals surface area contributed by atoms with Crippen LogP contribution in [0.2, 0.25) is 0 Å². The molecule has 4 rings (SSSR count). The zero-order valence-electron chi connectivity index (χ0n) is 19.3. The minimum absolute atomic E-state index is 0.0785. The van der Waals surface area contributed by atoms with Crippen LogP contribution in [0.5, 0.6) is 11.5 Å². The summed E-state index contributed by atoms with van der Waals surface area (Å²) in [4.78, 5) is 16.0. The lowest BCUT2D eigenvalue weighted by molar-refractivity contribution is 0.355. The Morgan fingerprint density at radius 2 is 1.57 bits per heavy atom. The Kier molecular flexibility index (Phi) is 7.59. The summed E-state index contributed by atoms with van der Waals surface area (Å²) in [5.41, 5.74) is 1.55. The second-order valence-corrected chi connectivity index (χ2v) is 10.8. The van der Waals surface area contributed by atoms with Crippen molar-refractivity contribution in [1.29, 1.82) is 0 Å². The number of hydrogen-bond acceptors (Lipinski definition) is 5. The normalized spacial score (nSPS) is 11.7. The van der Waals surface area contributed by atoms with Crippen LogP contribution >= 0.6 is 15.9 Å². The summed E-state index contributed by atoms with van der Waals surface area (Å²) in [6.45, 7) is 0.136. The van der Waals surface area contributed by atoms with Crippen LogP contribution in [-0.4, -0.2) is 38.5 Å². The largest absolute Gasteiger partial charge is 0.493 e. The number of benzene rings is 3. The molecule has 4 aromatic rings. The first-order valence-corrected chi connectivity index (χ1v) is 13.1. The zero-order chi connectivity index (χ0) is 25.0. The maximum absolute atomic E-state index is 13.6. The highest BCUT2D eigenvalue weighted by Crippen LogP contribution is 2.31. The maximum atomic E-state index is 13.6. The highest BCUT2D eigenvalue weighted by Gasteiger charge is 2.26. The van der Waals surface area contributed by atoms with Gasteiger partial charge in [-0.15, -0.1) is 0 Å². The van der Waals surface area contributed by atoms with Crippen molar-refractivity contribution < 1.29 is 17.9 Å². The zero-order valence-corrected chi connectivity index (χ0v) is 21.7. The second kappa shape index (κ2) is 10.6. The molecule has 0 fully saturated rings. The minimum atomic E-state index is -3.86. The van der Waals surface area contributed by atoms with Crippen molar-refractivity contribution in [3.05, 3.63) is 98.7 Å². The topological polar surface area (TPSA) is 88.7 Å². The van der Waals surface area contributed by atoms with E-state index < -0.39 is 10.0 Å². The number of rotatable bonds is 9. The van der Waals surface area contributed by atoms with Gasteiger partial charge in [0.2, 0.25) is 10.0 Å². The van der Waals surface area contributed by atoms with E-state index in [1.807, 2.05) is 30.3 Å². The van der Waals surface area contributed by atoms with Gasteiger partial charge in [0, 0.05) is 34.6 Å². The molecule has 3 aromatic carbocycles. The standard InChI is InChI=1S/C26H25BrN2O5S/c1-33-24-15-19-14-20(26(30)28-23(19)16-25(24)34-2)17-29(13-12-18-6-4-3-5-7-18)35(31,32)22-10-8-21(27)9-11-22/h3-11,14-16H,12-13,17H2,1-2H3,(H,28,30). The van der Waals surface area contributed by atoms with E-state index in [9.17, 15) is 13.2 Å². The van der Waals surface area contributed by atoms with Crippen molar-refractivity contribution in [3.8, 4) is 11.5 Å². The van der Waals surface area contributed by atoms with E-state index in [-0.39, 0.29) is 23.5 Å². The van der Waals surface area contributed by atoms with Gasteiger partial charge < -0.3 is 14.5 Å². The highest BCUT2D eigenvalue weighted by molar-refractivity contribution is 9.10. The first-order valence-electron chi connectivity index (χ1n) is 10.9. The number of sulfonamides is 1. The van der Waals surface area contributed by atoms with E-state index in [4.69, 9.17) is 9.47 Å². The van der Waals surface area contributed by atoms with E-state index in [0.717, 1.165) is 10.0 Å². The molecule has 0 saturated carbocycles. The Morgan fingerprint density at radius 1 is 0.914 bits per heavy atom. The fraction of sp³-hybridized carbons (Fsp3) is 0.192. The van der Waals surface area contributed by atoms with Crippen molar-refractivity contribution in [1.82, 2.24) is 9.29 Å². The molecule has 182 valence electrons. The predicted octanol–water partition coefficient (Wildman–Crippen LogP) is 4.74. The smallest absolute Gasteiger partial charge is 0.252 e. The molecule has 0 amide bonds. The van der Waals surface area contributed by atoms with Crippen LogP contribution in [0.4, 0.5) is 0 Å². The Morgan fingerprint density at radius 3 is 2.23 bits per heavy atom. The molecule has 0 unspecified atom stereocenters. The molecule has 0 spiro atoms. The lowest BCUT2D eigenvalue weighted by Crippen LogP contribution is -2.34. The van der Waals surface area contributed by atoms with E-state index >= 15 is 0 Å². The third kappa shape index (κ3) is 5.58. The predicted molar refractivity (Wildman–Crippen MR) is 140 cm³/mol. The van der Waals surface area contributed by atoms with Crippen LogP contribution in [0.3, 0.4) is 0 Å². The van der Waals surface area contributed by atoms with Gasteiger partial charge in [-0.25, -0.2) is 8.42 Å². The molecular formula is C26H25BrN2O5S. The minimum Gasteiger partial charge on any atom is -0.493 e. The maximum Gasteiger partial charge on any atom is 0.252 e. The number of ether oxygens (including phenoxy) is 2. The fourth-order valence-electron chi connectivity index (χ4n) is 3.82. The van der Waals surface area contributed by atoms with Gasteiger partial charge in [-0.05, 0) is 48.4 Å². The molecule has 1 aromatic heterocycles. The Hall–Kier alpha value is -3.14. The van der Waals surface area contributed by atoms with Gasteiger partial charge in [0.15, 0.2) is 11.5 Å². The fourth-order valence-corrected chi connectivity index (χ4v) is 5.51. The first-order chi connectivity index (χ1) is 16.8. The van der Waals surface area contributed by atoms with Gasteiger partial charge in [-0.1, -0.05) is 46.3 Å². The van der Waals surface area contributed by atoms with Gasteiger partial charge in [-0.2, -0.15) is 4.31 Å². The molecule has 0 aliphatic rings. The van der Waals surface area contributed by atoms with Gasteiger partial charge >= 0.3 is 0 Å². The summed E-state index contributed by atoms with van der Waals surface area (Å²) in [7, 11) is -0.809. The summed E-state index contributed by atoms with van der Waals surface area (Å²) >= 11 is 3.35. The third-order valence-corrected chi connectivity index (χ3v) is 8.10. The summed E-state index contributed by atoms with van der Waals surface area (Å²) in [6.07, 6.45) is 0.507. The number of hydrogen-bond donors (Lipinski definition) is 1. The molecule has 0 saturated heterocycles. The number of nitrogens with one attached hydrogen (secondary N) is 1. The molecule has 1 heterocycles. The third-order valence-electron chi connectivity index (χ3n) is 5.72. The van der Waals surface area contributed by atoms with Gasteiger partial charge in [0.1, 0.15) is 0 Å². The molecule has 9 heteroatoms. The number of pyridine rings is 1. The average Bonchev–Trinajstić information content (AvgIpc) is 2.86. The molecule has 0 atom stereocenters. The second-order valence-electron chi connectivity index (χ2n) is 7.95. The number of H-pyrrole nitrogens is 1. The van der Waals surface area contributed by atoms with Crippen LogP contribution < -0.4 is 15.0 Å². The van der Waals surface area contributed by atoms with Crippen LogP contribution in [0.15, 0.2) is 87.0 Å². The lowest BCUT2D eigenvalue weighted by atomic mass is 10.1. The number of nitrogens with zero attached hydrogens (tertiary/aromatic N) is 1. The van der Waals surface area contributed by atoms with E-state index in [1.165, 1.54) is 18.5 Å². The van der Waals surface area contributed by atoms with Crippen molar-refractivity contribution in [2.24, 2.45) is 0 Å². The van der Waals surface area contributed by atoms with E-state index in [2.05, 4.69) is 20.9 Å². The van der Waals surface area contributed by atoms with Gasteiger partial charge in [0.05, 0.1) is 24.6 Å².